The van der Waals surface area contributed by atoms with Crippen LogP contribution in [0.2, 0.25) is 5.02 Å². The van der Waals surface area contributed by atoms with E-state index in [0.717, 1.165) is 29.5 Å². The zero-order valence-electron chi connectivity index (χ0n) is 13.0. The van der Waals surface area contributed by atoms with Gasteiger partial charge < -0.3 is 5.32 Å². The first kappa shape index (κ1) is 16.4. The molecule has 4 nitrogen and oxygen atoms in total. The Morgan fingerprint density at radius 1 is 1.23 bits per heavy atom. The molecule has 0 fully saturated rings. The number of rotatable bonds is 5. The number of hydrogen-bond acceptors (Lipinski definition) is 3. The third kappa shape index (κ3) is 3.28. The minimum Gasteiger partial charge on any atom is -0.345 e. The molecule has 1 aromatic heterocycles. The average molecular weight is 319 g/mol. The van der Waals surface area contributed by atoms with Gasteiger partial charge in [0.05, 0.1) is 17.1 Å². The highest BCUT2D eigenvalue weighted by molar-refractivity contribution is 6.36. The summed E-state index contributed by atoms with van der Waals surface area (Å²) >= 11 is 6.48. The van der Waals surface area contributed by atoms with Gasteiger partial charge in [-0.1, -0.05) is 31.5 Å². The molecule has 116 valence electrons. The van der Waals surface area contributed by atoms with Crippen LogP contribution in [-0.2, 0) is 17.6 Å². The van der Waals surface area contributed by atoms with Crippen molar-refractivity contribution in [1.29, 1.82) is 0 Å². The average Bonchev–Trinajstić information content (AvgIpc) is 2.51. The van der Waals surface area contributed by atoms with E-state index in [2.05, 4.69) is 17.2 Å². The molecule has 1 heterocycles. The van der Waals surface area contributed by atoms with Gasteiger partial charge >= 0.3 is 0 Å². The van der Waals surface area contributed by atoms with Gasteiger partial charge in [-0.3, -0.25) is 14.6 Å². The normalized spacial score (nSPS) is 10.7. The van der Waals surface area contributed by atoms with Crippen LogP contribution in [0.4, 0.5) is 0 Å². The molecule has 2 aromatic rings. The fraction of sp³-hybridized carbons (Fsp3) is 0.353. The lowest BCUT2D eigenvalue weighted by Gasteiger charge is -2.12. The summed E-state index contributed by atoms with van der Waals surface area (Å²) in [6.07, 6.45) is 1.62. The van der Waals surface area contributed by atoms with Crippen LogP contribution in [0.25, 0.3) is 10.9 Å². The maximum absolute atomic E-state index is 12.0. The fourth-order valence-electron chi connectivity index (χ4n) is 2.41. The van der Waals surface area contributed by atoms with Gasteiger partial charge in [0.15, 0.2) is 0 Å². The number of pyridine rings is 1. The molecule has 1 N–H and O–H groups in total. The number of aromatic nitrogens is 1. The molecule has 0 spiro atoms. The molecule has 0 unspecified atom stereocenters. The van der Waals surface area contributed by atoms with Crippen molar-refractivity contribution in [1.82, 2.24) is 10.3 Å². The second-order valence-corrected chi connectivity index (χ2v) is 5.55. The number of amides is 1. The quantitative estimate of drug-likeness (QED) is 0.920. The summed E-state index contributed by atoms with van der Waals surface area (Å²) in [5.74, 6) is -0.371. The van der Waals surface area contributed by atoms with Gasteiger partial charge in [0.2, 0.25) is 0 Å². The smallest absolute Gasteiger partial charge is 0.251 e. The monoisotopic (exact) mass is 318 g/mol. The number of fused-ring (bicyclic) bond motifs is 1. The number of hydrogen-bond donors (Lipinski definition) is 1. The molecule has 0 bridgehead atoms. The standard InChI is InChI=1S/C17H19ClN2O2/c1-4-12-14(5-2)20-15-8-11(6-7-13(15)16(12)18)17(22)19-9-10(3)21/h6-8H,4-5,9H2,1-3H3,(H,19,22). The zero-order chi connectivity index (χ0) is 16.3. The second-order valence-electron chi connectivity index (χ2n) is 5.17. The molecule has 0 aliphatic heterocycles. The second kappa shape index (κ2) is 6.88. The van der Waals surface area contributed by atoms with Crippen molar-refractivity contribution in [3.8, 4) is 0 Å². The van der Waals surface area contributed by atoms with Gasteiger partial charge in [-0.05, 0) is 37.5 Å². The molecule has 0 radical (unpaired) electrons. The molecule has 0 atom stereocenters. The fourth-order valence-corrected chi connectivity index (χ4v) is 2.81. The number of carbonyl (C=O) groups excluding carboxylic acids is 2. The summed E-state index contributed by atoms with van der Waals surface area (Å²) in [6, 6.07) is 5.23. The maximum atomic E-state index is 12.0. The van der Waals surface area contributed by atoms with Crippen LogP contribution in [0.3, 0.4) is 0 Å². The van der Waals surface area contributed by atoms with Crippen LogP contribution in [0.5, 0.6) is 0 Å². The van der Waals surface area contributed by atoms with Crippen molar-refractivity contribution in [3.63, 3.8) is 0 Å². The highest BCUT2D eigenvalue weighted by atomic mass is 35.5. The Balaban J connectivity index is 2.46. The van der Waals surface area contributed by atoms with Gasteiger partial charge in [0, 0.05) is 16.6 Å². The lowest BCUT2D eigenvalue weighted by molar-refractivity contribution is -0.116. The van der Waals surface area contributed by atoms with Gasteiger partial charge in [0.1, 0.15) is 5.78 Å². The summed E-state index contributed by atoms with van der Waals surface area (Å²) in [4.78, 5) is 27.6. The predicted octanol–water partition coefficient (Wildman–Crippen LogP) is 3.33. The number of nitrogens with one attached hydrogen (secondary N) is 1. The zero-order valence-corrected chi connectivity index (χ0v) is 13.8. The summed E-state index contributed by atoms with van der Waals surface area (Å²) in [5.41, 5.74) is 3.20. The number of carbonyl (C=O) groups is 2. The van der Waals surface area contributed by atoms with Crippen LogP contribution in [0, 0.1) is 0 Å². The van der Waals surface area contributed by atoms with E-state index < -0.39 is 0 Å². The van der Waals surface area contributed by atoms with E-state index in [1.165, 1.54) is 6.92 Å². The van der Waals surface area contributed by atoms with E-state index in [1.54, 1.807) is 12.1 Å². The van der Waals surface area contributed by atoms with Crippen molar-refractivity contribution in [2.75, 3.05) is 6.54 Å². The van der Waals surface area contributed by atoms with Crippen LogP contribution in [-0.4, -0.2) is 23.2 Å². The predicted molar refractivity (Wildman–Crippen MR) is 88.5 cm³/mol. The lowest BCUT2D eigenvalue weighted by atomic mass is 10.0. The molecule has 0 aliphatic rings. The molecule has 1 aromatic carbocycles. The third-order valence-electron chi connectivity index (χ3n) is 3.55. The summed E-state index contributed by atoms with van der Waals surface area (Å²) in [5, 5.41) is 4.13. The van der Waals surface area contributed by atoms with Crippen molar-refractivity contribution in [2.24, 2.45) is 0 Å². The maximum Gasteiger partial charge on any atom is 0.251 e. The molecular formula is C17H19ClN2O2. The van der Waals surface area contributed by atoms with E-state index in [4.69, 9.17) is 11.6 Å². The molecule has 0 saturated carbocycles. The molecule has 22 heavy (non-hydrogen) atoms. The number of halogens is 1. The van der Waals surface area contributed by atoms with Crippen molar-refractivity contribution < 1.29 is 9.59 Å². The highest BCUT2D eigenvalue weighted by Crippen LogP contribution is 2.29. The topological polar surface area (TPSA) is 59.1 Å². The number of Topliss-reactive ketones (excluding diaryl/α,β-unsaturated/α-hetero) is 1. The van der Waals surface area contributed by atoms with Crippen LogP contribution < -0.4 is 5.32 Å². The Labute approximate surface area is 134 Å². The molecule has 0 saturated heterocycles. The van der Waals surface area contributed by atoms with Gasteiger partial charge in [0.25, 0.3) is 5.91 Å². The Morgan fingerprint density at radius 3 is 2.55 bits per heavy atom. The highest BCUT2D eigenvalue weighted by Gasteiger charge is 2.13. The first-order valence-corrected chi connectivity index (χ1v) is 7.74. The molecule has 2 rings (SSSR count). The van der Waals surface area contributed by atoms with Crippen molar-refractivity contribution >= 4 is 34.2 Å². The number of benzene rings is 1. The number of ketones is 1. The molecule has 1 amide bonds. The Hall–Kier alpha value is -1.94. The summed E-state index contributed by atoms with van der Waals surface area (Å²) in [7, 11) is 0. The first-order chi connectivity index (χ1) is 10.5. The van der Waals surface area contributed by atoms with Crippen molar-refractivity contribution in [2.45, 2.75) is 33.6 Å². The van der Waals surface area contributed by atoms with Crippen LogP contribution in [0.15, 0.2) is 18.2 Å². The lowest BCUT2D eigenvalue weighted by Crippen LogP contribution is -2.28. The van der Waals surface area contributed by atoms with Gasteiger partial charge in [-0.25, -0.2) is 0 Å². The third-order valence-corrected chi connectivity index (χ3v) is 3.98. The van der Waals surface area contributed by atoms with Crippen LogP contribution in [0.1, 0.15) is 42.4 Å². The van der Waals surface area contributed by atoms with Gasteiger partial charge in [-0.15, -0.1) is 0 Å². The van der Waals surface area contributed by atoms with Crippen LogP contribution >= 0.6 is 11.6 Å². The minimum atomic E-state index is -0.285. The molecular weight excluding hydrogens is 300 g/mol. The largest absolute Gasteiger partial charge is 0.345 e. The molecule has 5 heteroatoms. The SMILES string of the molecule is CCc1nc2cc(C(=O)NCC(C)=O)ccc2c(Cl)c1CC. The summed E-state index contributed by atoms with van der Waals surface area (Å²) < 4.78 is 0. The van der Waals surface area contributed by atoms with Crippen molar-refractivity contribution in [3.05, 3.63) is 40.0 Å². The Bertz CT molecular complexity index is 741. The number of nitrogens with zero attached hydrogens (tertiary/aromatic N) is 1. The first-order valence-electron chi connectivity index (χ1n) is 7.36. The van der Waals surface area contributed by atoms with E-state index in [9.17, 15) is 9.59 Å². The Kier molecular flexibility index (Phi) is 5.14. The molecule has 0 aliphatic carbocycles. The van der Waals surface area contributed by atoms with Gasteiger partial charge in [-0.2, -0.15) is 0 Å². The van der Waals surface area contributed by atoms with E-state index >= 15 is 0 Å². The summed E-state index contributed by atoms with van der Waals surface area (Å²) in [6.45, 7) is 5.55. The van der Waals surface area contributed by atoms with E-state index in [-0.39, 0.29) is 18.2 Å². The van der Waals surface area contributed by atoms with E-state index in [1.807, 2.05) is 13.0 Å². The minimum absolute atomic E-state index is 0.0278. The van der Waals surface area contributed by atoms with E-state index in [0.29, 0.717) is 16.1 Å². The number of aryl methyl sites for hydroxylation is 1. The Morgan fingerprint density at radius 2 is 1.95 bits per heavy atom.